The number of nitrogens with one attached hydrogen (secondary N) is 2. The number of aromatic nitrogens is 1. The Labute approximate surface area is 139 Å². The number of nitrogens with zero attached hydrogens (tertiary/aromatic N) is 1. The van der Waals surface area contributed by atoms with Gasteiger partial charge in [-0.3, -0.25) is 9.78 Å². The summed E-state index contributed by atoms with van der Waals surface area (Å²) in [6, 6.07) is 8.34. The van der Waals surface area contributed by atoms with Crippen molar-refractivity contribution >= 4 is 33.2 Å². The minimum Gasteiger partial charge on any atom is -0.322 e. The van der Waals surface area contributed by atoms with E-state index in [-0.39, 0.29) is 12.5 Å². The molecule has 23 heavy (non-hydrogen) atoms. The van der Waals surface area contributed by atoms with E-state index in [1.807, 2.05) is 6.92 Å². The molecule has 1 heterocycles. The van der Waals surface area contributed by atoms with Gasteiger partial charge in [0.15, 0.2) is 0 Å². The first kappa shape index (κ1) is 17.4. The molecule has 0 aliphatic rings. The second-order valence-corrected chi connectivity index (χ2v) is 7.24. The first-order valence-electron chi connectivity index (χ1n) is 6.72. The van der Waals surface area contributed by atoms with E-state index in [1.165, 1.54) is 12.3 Å². The highest BCUT2D eigenvalue weighted by molar-refractivity contribution is 7.88. The normalized spacial score (nSPS) is 11.3. The number of hydrogen-bond donors (Lipinski definition) is 2. The van der Waals surface area contributed by atoms with Gasteiger partial charge in [-0.15, -0.1) is 0 Å². The molecular formula is C15H16ClN3O3S. The van der Waals surface area contributed by atoms with Crippen LogP contribution in [0.1, 0.15) is 21.6 Å². The van der Waals surface area contributed by atoms with E-state index in [1.54, 1.807) is 24.3 Å². The molecule has 0 unspecified atom stereocenters. The Hall–Kier alpha value is -1.96. The Morgan fingerprint density at radius 2 is 2.04 bits per heavy atom. The Kier molecular flexibility index (Phi) is 5.35. The van der Waals surface area contributed by atoms with Gasteiger partial charge in [0.2, 0.25) is 10.0 Å². The number of rotatable bonds is 5. The van der Waals surface area contributed by atoms with Crippen molar-refractivity contribution in [1.82, 2.24) is 9.71 Å². The van der Waals surface area contributed by atoms with E-state index in [0.29, 0.717) is 22.0 Å². The van der Waals surface area contributed by atoms with Crippen molar-refractivity contribution < 1.29 is 13.2 Å². The molecule has 0 bridgehead atoms. The fourth-order valence-corrected chi connectivity index (χ4v) is 2.44. The van der Waals surface area contributed by atoms with Crippen LogP contribution in [-0.4, -0.2) is 25.6 Å². The molecule has 0 radical (unpaired) electrons. The molecule has 0 saturated carbocycles. The highest BCUT2D eigenvalue weighted by Gasteiger charge is 2.11. The summed E-state index contributed by atoms with van der Waals surface area (Å²) in [5, 5.41) is 3.34. The van der Waals surface area contributed by atoms with Crippen LogP contribution < -0.4 is 10.0 Å². The molecule has 0 atom stereocenters. The van der Waals surface area contributed by atoms with E-state index >= 15 is 0 Å². The fraction of sp³-hybridized carbons (Fsp3) is 0.200. The van der Waals surface area contributed by atoms with Gasteiger partial charge in [-0.05, 0) is 36.8 Å². The zero-order valence-corrected chi connectivity index (χ0v) is 14.2. The molecule has 122 valence electrons. The van der Waals surface area contributed by atoms with Gasteiger partial charge in [-0.1, -0.05) is 17.7 Å². The van der Waals surface area contributed by atoms with Crippen LogP contribution >= 0.6 is 11.6 Å². The lowest BCUT2D eigenvalue weighted by Gasteiger charge is -2.10. The molecule has 1 amide bonds. The van der Waals surface area contributed by atoms with E-state index in [0.717, 1.165) is 11.8 Å². The van der Waals surface area contributed by atoms with Gasteiger partial charge in [0, 0.05) is 22.5 Å². The summed E-state index contributed by atoms with van der Waals surface area (Å²) in [5.41, 5.74) is 2.22. The van der Waals surface area contributed by atoms with Crippen LogP contribution in [0.3, 0.4) is 0 Å². The number of hydrogen-bond acceptors (Lipinski definition) is 4. The Balaban J connectivity index is 2.15. The Morgan fingerprint density at radius 3 is 2.74 bits per heavy atom. The summed E-state index contributed by atoms with van der Waals surface area (Å²) >= 11 is 6.03. The van der Waals surface area contributed by atoms with Gasteiger partial charge >= 0.3 is 0 Å². The van der Waals surface area contributed by atoms with Crippen LogP contribution in [0.2, 0.25) is 5.02 Å². The van der Waals surface area contributed by atoms with Crippen LogP contribution in [0, 0.1) is 6.92 Å². The smallest absolute Gasteiger partial charge is 0.255 e. The molecular weight excluding hydrogens is 338 g/mol. The monoisotopic (exact) mass is 353 g/mol. The summed E-state index contributed by atoms with van der Waals surface area (Å²) in [6.07, 6.45) is 2.52. The maximum absolute atomic E-state index is 12.3. The second-order valence-electron chi connectivity index (χ2n) is 5.00. The van der Waals surface area contributed by atoms with E-state index in [2.05, 4.69) is 15.0 Å². The van der Waals surface area contributed by atoms with Crippen molar-refractivity contribution in [3.63, 3.8) is 0 Å². The summed E-state index contributed by atoms with van der Waals surface area (Å²) < 4.78 is 24.5. The SMILES string of the molecule is Cc1c(Cl)cccc1NC(=O)c1ccnc(CNS(C)(=O)=O)c1. The minimum atomic E-state index is -3.32. The highest BCUT2D eigenvalue weighted by atomic mass is 35.5. The number of sulfonamides is 1. The van der Waals surface area contributed by atoms with Gasteiger partial charge in [0.05, 0.1) is 18.5 Å². The van der Waals surface area contributed by atoms with E-state index < -0.39 is 10.0 Å². The van der Waals surface area contributed by atoms with Crippen molar-refractivity contribution in [2.45, 2.75) is 13.5 Å². The molecule has 0 spiro atoms. The third-order valence-corrected chi connectivity index (χ3v) is 4.19. The predicted octanol–water partition coefficient (Wildman–Crippen LogP) is 2.34. The average Bonchev–Trinajstić information content (AvgIpc) is 2.49. The number of halogens is 1. The van der Waals surface area contributed by atoms with Gasteiger partial charge in [0.25, 0.3) is 5.91 Å². The second kappa shape index (κ2) is 7.08. The molecule has 8 heteroatoms. The Morgan fingerprint density at radius 1 is 1.30 bits per heavy atom. The molecule has 1 aromatic carbocycles. The quantitative estimate of drug-likeness (QED) is 0.863. The standard InChI is InChI=1S/C15H16ClN3O3S/c1-10-13(16)4-3-5-14(10)19-15(20)11-6-7-17-12(8-11)9-18-23(2,21)22/h3-8,18H,9H2,1-2H3,(H,19,20). The lowest BCUT2D eigenvalue weighted by molar-refractivity contribution is 0.102. The first-order valence-corrected chi connectivity index (χ1v) is 8.99. The van der Waals surface area contributed by atoms with E-state index in [4.69, 9.17) is 11.6 Å². The zero-order chi connectivity index (χ0) is 17.0. The molecule has 0 saturated heterocycles. The highest BCUT2D eigenvalue weighted by Crippen LogP contribution is 2.23. The first-order chi connectivity index (χ1) is 10.8. The molecule has 1 aromatic heterocycles. The van der Waals surface area contributed by atoms with Crippen molar-refractivity contribution in [3.8, 4) is 0 Å². The van der Waals surface area contributed by atoms with Crippen LogP contribution in [-0.2, 0) is 16.6 Å². The number of anilines is 1. The molecule has 0 aliphatic carbocycles. The van der Waals surface area contributed by atoms with Gasteiger partial charge < -0.3 is 5.32 Å². The van der Waals surface area contributed by atoms with Gasteiger partial charge in [-0.2, -0.15) is 0 Å². The zero-order valence-electron chi connectivity index (χ0n) is 12.6. The summed E-state index contributed by atoms with van der Waals surface area (Å²) in [7, 11) is -3.32. The number of carbonyl (C=O) groups is 1. The summed E-state index contributed by atoms with van der Waals surface area (Å²) in [5.74, 6) is -0.321. The summed E-state index contributed by atoms with van der Waals surface area (Å²) in [6.45, 7) is 1.84. The maximum atomic E-state index is 12.3. The number of carbonyl (C=O) groups excluding carboxylic acids is 1. The molecule has 2 rings (SSSR count). The average molecular weight is 354 g/mol. The summed E-state index contributed by atoms with van der Waals surface area (Å²) in [4.78, 5) is 16.3. The largest absolute Gasteiger partial charge is 0.322 e. The van der Waals surface area contributed by atoms with Crippen LogP contribution in [0.4, 0.5) is 5.69 Å². The fourth-order valence-electron chi connectivity index (χ4n) is 1.86. The predicted molar refractivity (Wildman–Crippen MR) is 90.1 cm³/mol. The lowest BCUT2D eigenvalue weighted by atomic mass is 10.1. The van der Waals surface area contributed by atoms with Crippen LogP contribution in [0.15, 0.2) is 36.5 Å². The molecule has 2 aromatic rings. The van der Waals surface area contributed by atoms with Crippen LogP contribution in [0.5, 0.6) is 0 Å². The third-order valence-electron chi connectivity index (χ3n) is 3.11. The van der Waals surface area contributed by atoms with Crippen molar-refractivity contribution in [2.24, 2.45) is 0 Å². The van der Waals surface area contributed by atoms with Gasteiger partial charge in [0.1, 0.15) is 0 Å². The lowest BCUT2D eigenvalue weighted by Crippen LogP contribution is -2.22. The van der Waals surface area contributed by atoms with Gasteiger partial charge in [-0.25, -0.2) is 13.1 Å². The number of amides is 1. The molecule has 6 nitrogen and oxygen atoms in total. The van der Waals surface area contributed by atoms with Crippen LogP contribution in [0.25, 0.3) is 0 Å². The number of pyridine rings is 1. The topological polar surface area (TPSA) is 88.2 Å². The minimum absolute atomic E-state index is 0.0240. The Bertz CT molecular complexity index is 838. The molecule has 2 N–H and O–H groups in total. The number of benzene rings is 1. The third kappa shape index (κ3) is 5.02. The van der Waals surface area contributed by atoms with Crippen molar-refractivity contribution in [3.05, 3.63) is 58.4 Å². The maximum Gasteiger partial charge on any atom is 0.255 e. The molecule has 0 aliphatic heterocycles. The van der Waals surface area contributed by atoms with Crippen molar-refractivity contribution in [2.75, 3.05) is 11.6 Å². The molecule has 0 fully saturated rings. The van der Waals surface area contributed by atoms with E-state index in [9.17, 15) is 13.2 Å². The van der Waals surface area contributed by atoms with Crippen molar-refractivity contribution in [1.29, 1.82) is 0 Å².